The van der Waals surface area contributed by atoms with Crippen molar-refractivity contribution in [1.29, 1.82) is 0 Å². The third-order valence-electron chi connectivity index (χ3n) is 3.39. The van der Waals surface area contributed by atoms with Crippen molar-refractivity contribution < 1.29 is 4.79 Å². The summed E-state index contributed by atoms with van der Waals surface area (Å²) < 4.78 is 1.83. The first kappa shape index (κ1) is 15.3. The van der Waals surface area contributed by atoms with E-state index in [1.807, 2.05) is 61.3 Å². The van der Waals surface area contributed by atoms with Gasteiger partial charge in [-0.15, -0.1) is 0 Å². The second kappa shape index (κ2) is 7.04. The smallest absolute Gasteiger partial charge is 0.237 e. The Morgan fingerprint density at radius 2 is 2.05 bits per heavy atom. The lowest BCUT2D eigenvalue weighted by Gasteiger charge is -2.14. The molecule has 3 N–H and O–H groups in total. The Morgan fingerprint density at radius 1 is 1.33 bits per heavy atom. The molecule has 21 heavy (non-hydrogen) atoms. The molecule has 112 valence electrons. The summed E-state index contributed by atoms with van der Waals surface area (Å²) in [6.07, 6.45) is 4.54. The average Bonchev–Trinajstić information content (AvgIpc) is 2.96. The maximum Gasteiger partial charge on any atom is 0.237 e. The number of nitrogens with one attached hydrogen (secondary N) is 1. The molecule has 0 aliphatic carbocycles. The van der Waals surface area contributed by atoms with Crippen LogP contribution in [0.15, 0.2) is 42.7 Å². The van der Waals surface area contributed by atoms with Gasteiger partial charge in [-0.25, -0.2) is 4.68 Å². The van der Waals surface area contributed by atoms with Crippen molar-refractivity contribution in [3.63, 3.8) is 0 Å². The molecular weight excluding hydrogens is 264 g/mol. The minimum Gasteiger partial charge on any atom is -0.354 e. The quantitative estimate of drug-likeness (QED) is 0.845. The number of amides is 1. The first-order valence-corrected chi connectivity index (χ1v) is 7.20. The van der Waals surface area contributed by atoms with Gasteiger partial charge in [0, 0.05) is 12.7 Å². The molecule has 0 fully saturated rings. The fraction of sp³-hybridized carbons (Fsp3) is 0.375. The van der Waals surface area contributed by atoms with Crippen LogP contribution in [0.1, 0.15) is 19.4 Å². The molecule has 1 amide bonds. The predicted molar refractivity (Wildman–Crippen MR) is 83.1 cm³/mol. The summed E-state index contributed by atoms with van der Waals surface area (Å²) in [5.74, 6) is 0.0475. The van der Waals surface area contributed by atoms with Gasteiger partial charge in [-0.3, -0.25) is 4.79 Å². The topological polar surface area (TPSA) is 72.9 Å². The molecule has 0 bridgehead atoms. The van der Waals surface area contributed by atoms with E-state index in [4.69, 9.17) is 5.73 Å². The van der Waals surface area contributed by atoms with Gasteiger partial charge in [0.2, 0.25) is 5.91 Å². The maximum atomic E-state index is 11.7. The van der Waals surface area contributed by atoms with Crippen LogP contribution >= 0.6 is 0 Å². The summed E-state index contributed by atoms with van der Waals surface area (Å²) in [5.41, 5.74) is 7.89. The predicted octanol–water partition coefficient (Wildman–Crippen LogP) is 1.51. The molecule has 0 unspecified atom stereocenters. The zero-order valence-corrected chi connectivity index (χ0v) is 12.5. The zero-order valence-electron chi connectivity index (χ0n) is 12.5. The first-order chi connectivity index (χ1) is 10.1. The number of benzene rings is 1. The number of hydrogen-bond donors (Lipinski definition) is 2. The lowest BCUT2D eigenvalue weighted by atomic mass is 10.1. The number of nitrogens with two attached hydrogens (primary N) is 1. The van der Waals surface area contributed by atoms with E-state index in [-0.39, 0.29) is 11.8 Å². The van der Waals surface area contributed by atoms with Crippen molar-refractivity contribution in [2.45, 2.75) is 26.3 Å². The first-order valence-electron chi connectivity index (χ1n) is 7.20. The fourth-order valence-electron chi connectivity index (χ4n) is 1.96. The highest BCUT2D eigenvalue weighted by Crippen LogP contribution is 2.07. The van der Waals surface area contributed by atoms with Crippen LogP contribution in [0.5, 0.6) is 0 Å². The number of carbonyl (C=O) groups is 1. The number of carbonyl (C=O) groups excluding carboxylic acids is 1. The summed E-state index contributed by atoms with van der Waals surface area (Å²) in [6.45, 7) is 4.45. The molecule has 1 aromatic heterocycles. The van der Waals surface area contributed by atoms with E-state index in [1.165, 1.54) is 0 Å². The van der Waals surface area contributed by atoms with E-state index in [2.05, 4.69) is 10.4 Å². The Hall–Kier alpha value is -2.14. The summed E-state index contributed by atoms with van der Waals surface area (Å²) in [6, 6.07) is 9.48. The SMILES string of the molecule is CC(C)[C@H](N)C(=O)NCCc1cnn(-c2ccccc2)c1. The van der Waals surface area contributed by atoms with Crippen molar-refractivity contribution in [3.05, 3.63) is 48.3 Å². The van der Waals surface area contributed by atoms with Crippen LogP contribution < -0.4 is 11.1 Å². The molecule has 0 aliphatic heterocycles. The molecule has 1 heterocycles. The minimum atomic E-state index is -0.447. The van der Waals surface area contributed by atoms with E-state index in [1.54, 1.807) is 0 Å². The van der Waals surface area contributed by atoms with Crippen LogP contribution in [0, 0.1) is 5.92 Å². The number of aromatic nitrogens is 2. The highest BCUT2D eigenvalue weighted by Gasteiger charge is 2.16. The number of hydrogen-bond acceptors (Lipinski definition) is 3. The highest BCUT2D eigenvalue weighted by atomic mass is 16.2. The second-order valence-electron chi connectivity index (χ2n) is 5.44. The monoisotopic (exact) mass is 286 g/mol. The van der Waals surface area contributed by atoms with Gasteiger partial charge in [-0.05, 0) is 30.0 Å². The van der Waals surface area contributed by atoms with Gasteiger partial charge in [0.15, 0.2) is 0 Å². The van der Waals surface area contributed by atoms with E-state index >= 15 is 0 Å². The largest absolute Gasteiger partial charge is 0.354 e. The van der Waals surface area contributed by atoms with Crippen molar-refractivity contribution in [1.82, 2.24) is 15.1 Å². The van der Waals surface area contributed by atoms with Crippen molar-refractivity contribution in [2.75, 3.05) is 6.54 Å². The van der Waals surface area contributed by atoms with Crippen LogP contribution in [-0.2, 0) is 11.2 Å². The van der Waals surface area contributed by atoms with Gasteiger partial charge in [0.1, 0.15) is 0 Å². The third-order valence-corrected chi connectivity index (χ3v) is 3.39. The van der Waals surface area contributed by atoms with Crippen LogP contribution in [0.2, 0.25) is 0 Å². The highest BCUT2D eigenvalue weighted by molar-refractivity contribution is 5.81. The van der Waals surface area contributed by atoms with E-state index in [9.17, 15) is 4.79 Å². The van der Waals surface area contributed by atoms with Crippen LogP contribution in [0.3, 0.4) is 0 Å². The van der Waals surface area contributed by atoms with E-state index in [0.29, 0.717) is 6.54 Å². The molecule has 2 rings (SSSR count). The molecule has 0 spiro atoms. The van der Waals surface area contributed by atoms with Crippen LogP contribution in [0.25, 0.3) is 5.69 Å². The standard InChI is InChI=1S/C16H22N4O/c1-12(2)15(17)16(21)18-9-8-13-10-19-20(11-13)14-6-4-3-5-7-14/h3-7,10-12,15H,8-9,17H2,1-2H3,(H,18,21)/t15-/m0/s1. The molecule has 0 saturated heterocycles. The molecule has 0 radical (unpaired) electrons. The third kappa shape index (κ3) is 4.16. The fourth-order valence-corrected chi connectivity index (χ4v) is 1.96. The molecule has 1 atom stereocenters. The molecule has 5 heteroatoms. The van der Waals surface area contributed by atoms with Crippen LogP contribution in [0.4, 0.5) is 0 Å². The maximum absolute atomic E-state index is 11.7. The summed E-state index contributed by atoms with van der Waals surface area (Å²) >= 11 is 0. The van der Waals surface area contributed by atoms with Crippen molar-refractivity contribution in [2.24, 2.45) is 11.7 Å². The van der Waals surface area contributed by atoms with Gasteiger partial charge in [0.25, 0.3) is 0 Å². The molecule has 0 saturated carbocycles. The Morgan fingerprint density at radius 3 is 2.71 bits per heavy atom. The van der Waals surface area contributed by atoms with Crippen molar-refractivity contribution >= 4 is 5.91 Å². The number of nitrogens with zero attached hydrogens (tertiary/aromatic N) is 2. The summed E-state index contributed by atoms with van der Waals surface area (Å²) in [7, 11) is 0. The van der Waals surface area contributed by atoms with Gasteiger partial charge in [-0.1, -0.05) is 32.0 Å². The second-order valence-corrected chi connectivity index (χ2v) is 5.44. The van der Waals surface area contributed by atoms with Crippen molar-refractivity contribution in [3.8, 4) is 5.69 Å². The van der Waals surface area contributed by atoms with Gasteiger partial charge in [-0.2, -0.15) is 5.10 Å². The summed E-state index contributed by atoms with van der Waals surface area (Å²) in [4.78, 5) is 11.7. The molecule has 1 aromatic carbocycles. The van der Waals surface area contributed by atoms with Gasteiger partial charge < -0.3 is 11.1 Å². The summed E-state index contributed by atoms with van der Waals surface area (Å²) in [5, 5.41) is 7.19. The minimum absolute atomic E-state index is 0.0968. The van der Waals surface area contributed by atoms with Crippen LogP contribution in [-0.4, -0.2) is 28.3 Å². The lowest BCUT2D eigenvalue weighted by Crippen LogP contribution is -2.44. The molecule has 5 nitrogen and oxygen atoms in total. The van der Waals surface area contributed by atoms with E-state index < -0.39 is 6.04 Å². The average molecular weight is 286 g/mol. The molecule has 0 aliphatic rings. The Bertz CT molecular complexity index is 577. The Kier molecular flexibility index (Phi) is 5.11. The number of para-hydroxylation sites is 1. The Balaban J connectivity index is 1.85. The molecule has 2 aromatic rings. The zero-order chi connectivity index (χ0) is 15.2. The van der Waals surface area contributed by atoms with E-state index in [0.717, 1.165) is 17.7 Å². The van der Waals surface area contributed by atoms with Gasteiger partial charge in [0.05, 0.1) is 17.9 Å². The molecular formula is C16H22N4O. The lowest BCUT2D eigenvalue weighted by molar-refractivity contribution is -0.123. The normalized spacial score (nSPS) is 12.4. The number of rotatable bonds is 6. The Labute approximate surface area is 125 Å². The van der Waals surface area contributed by atoms with Gasteiger partial charge >= 0.3 is 0 Å².